The quantitative estimate of drug-likeness (QED) is 0.522. The smallest absolute Gasteiger partial charge is 0.222 e. The zero-order chi connectivity index (χ0) is 20.9. The molecule has 0 spiro atoms. The zero-order valence-corrected chi connectivity index (χ0v) is 17.8. The molecule has 3 nitrogen and oxygen atoms in total. The van der Waals surface area contributed by atoms with Gasteiger partial charge in [-0.25, -0.2) is 0 Å². The van der Waals surface area contributed by atoms with Crippen molar-refractivity contribution >= 4 is 5.91 Å². The lowest BCUT2D eigenvalue weighted by molar-refractivity contribution is -0.129. The third kappa shape index (κ3) is 4.73. The van der Waals surface area contributed by atoms with E-state index in [9.17, 15) is 4.79 Å². The molecule has 0 radical (unpaired) electrons. The van der Waals surface area contributed by atoms with Crippen LogP contribution in [0.5, 0.6) is 5.75 Å². The number of ether oxygens (including phenoxy) is 1. The highest BCUT2D eigenvalue weighted by molar-refractivity contribution is 5.76. The zero-order valence-electron chi connectivity index (χ0n) is 17.8. The predicted molar refractivity (Wildman–Crippen MR) is 122 cm³/mol. The summed E-state index contributed by atoms with van der Waals surface area (Å²) in [5.41, 5.74) is 6.24. The molecule has 0 aromatic heterocycles. The van der Waals surface area contributed by atoms with E-state index in [1.54, 1.807) is 4.90 Å². The van der Waals surface area contributed by atoms with Gasteiger partial charge < -0.3 is 9.64 Å². The number of nitrogens with zero attached hydrogens (tertiary/aromatic N) is 1. The van der Waals surface area contributed by atoms with Gasteiger partial charge in [-0.1, -0.05) is 60.7 Å². The van der Waals surface area contributed by atoms with Gasteiger partial charge in [0.25, 0.3) is 0 Å². The Labute approximate surface area is 179 Å². The second-order valence-corrected chi connectivity index (χ2v) is 8.29. The number of carbonyl (C=O) groups excluding carboxylic acids is 1. The van der Waals surface area contributed by atoms with Gasteiger partial charge in [-0.2, -0.15) is 0 Å². The topological polar surface area (TPSA) is 29.5 Å². The van der Waals surface area contributed by atoms with Crippen molar-refractivity contribution in [2.75, 3.05) is 14.1 Å². The van der Waals surface area contributed by atoms with Gasteiger partial charge >= 0.3 is 0 Å². The fraction of sp³-hybridized carbons (Fsp3) is 0.296. The SMILES string of the molecule is CN(C)C(=O)CC1CCCc2cc(OCc3ccc(-c4ccccc4)cc3)ccc21. The summed E-state index contributed by atoms with van der Waals surface area (Å²) in [5.74, 6) is 1.43. The summed E-state index contributed by atoms with van der Waals surface area (Å²) in [6.45, 7) is 0.552. The van der Waals surface area contributed by atoms with Crippen molar-refractivity contribution in [3.63, 3.8) is 0 Å². The summed E-state index contributed by atoms with van der Waals surface area (Å²) in [6, 6.07) is 25.3. The molecule has 0 saturated carbocycles. The standard InChI is InChI=1S/C27H29NO2/c1-28(2)27(29)18-24-10-6-9-23-17-25(15-16-26(23)24)30-19-20-11-13-22(14-12-20)21-7-4-3-5-8-21/h3-5,7-8,11-17,24H,6,9-10,18-19H2,1-2H3. The highest BCUT2D eigenvalue weighted by atomic mass is 16.5. The molecule has 30 heavy (non-hydrogen) atoms. The maximum absolute atomic E-state index is 12.2. The third-order valence-electron chi connectivity index (χ3n) is 5.94. The average molecular weight is 400 g/mol. The number of hydrogen-bond acceptors (Lipinski definition) is 2. The maximum atomic E-state index is 12.2. The second kappa shape index (κ2) is 9.17. The molecule has 1 atom stereocenters. The minimum Gasteiger partial charge on any atom is -0.489 e. The molecule has 4 rings (SSSR count). The monoisotopic (exact) mass is 399 g/mol. The first kappa shape index (κ1) is 20.2. The molecule has 154 valence electrons. The van der Waals surface area contributed by atoms with Crippen LogP contribution >= 0.6 is 0 Å². The Kier molecular flexibility index (Phi) is 6.18. The first-order valence-electron chi connectivity index (χ1n) is 10.7. The first-order chi connectivity index (χ1) is 14.6. The summed E-state index contributed by atoms with van der Waals surface area (Å²) >= 11 is 0. The van der Waals surface area contributed by atoms with Crippen molar-refractivity contribution in [3.05, 3.63) is 89.5 Å². The van der Waals surface area contributed by atoms with Gasteiger partial charge in [0.2, 0.25) is 5.91 Å². The number of hydrogen-bond donors (Lipinski definition) is 0. The molecule has 1 unspecified atom stereocenters. The molecule has 0 saturated heterocycles. The summed E-state index contributed by atoms with van der Waals surface area (Å²) in [6.07, 6.45) is 3.86. The van der Waals surface area contributed by atoms with E-state index >= 15 is 0 Å². The molecule has 0 heterocycles. The van der Waals surface area contributed by atoms with Crippen molar-refractivity contribution in [1.29, 1.82) is 0 Å². The van der Waals surface area contributed by atoms with Crippen LogP contribution in [0.15, 0.2) is 72.8 Å². The fourth-order valence-corrected chi connectivity index (χ4v) is 4.18. The molecule has 3 heteroatoms. The van der Waals surface area contributed by atoms with Gasteiger partial charge in [0.1, 0.15) is 12.4 Å². The molecule has 1 aliphatic rings. The van der Waals surface area contributed by atoms with Crippen LogP contribution in [0.1, 0.15) is 41.9 Å². The number of amides is 1. The Hall–Kier alpha value is -3.07. The van der Waals surface area contributed by atoms with Gasteiger partial charge in [0.15, 0.2) is 0 Å². The number of benzene rings is 3. The highest BCUT2D eigenvalue weighted by Gasteiger charge is 2.23. The van der Waals surface area contributed by atoms with Gasteiger partial charge in [-0.15, -0.1) is 0 Å². The second-order valence-electron chi connectivity index (χ2n) is 8.29. The van der Waals surface area contributed by atoms with Gasteiger partial charge in [0, 0.05) is 20.5 Å². The predicted octanol–water partition coefficient (Wildman–Crippen LogP) is 5.83. The number of aryl methyl sites for hydroxylation is 1. The van der Waals surface area contributed by atoms with E-state index in [-0.39, 0.29) is 5.91 Å². The van der Waals surface area contributed by atoms with Crippen molar-refractivity contribution in [1.82, 2.24) is 4.90 Å². The molecule has 0 aliphatic heterocycles. The van der Waals surface area contributed by atoms with Crippen molar-refractivity contribution in [3.8, 4) is 16.9 Å². The lowest BCUT2D eigenvalue weighted by Crippen LogP contribution is -2.25. The summed E-state index contributed by atoms with van der Waals surface area (Å²) in [7, 11) is 3.66. The minimum atomic E-state index is 0.201. The first-order valence-corrected chi connectivity index (χ1v) is 10.7. The van der Waals surface area contributed by atoms with Crippen LogP contribution in [0.2, 0.25) is 0 Å². The van der Waals surface area contributed by atoms with Crippen LogP contribution in [-0.4, -0.2) is 24.9 Å². The summed E-state index contributed by atoms with van der Waals surface area (Å²) in [4.78, 5) is 13.9. The lowest BCUT2D eigenvalue weighted by atomic mass is 9.81. The molecule has 0 bridgehead atoms. The highest BCUT2D eigenvalue weighted by Crippen LogP contribution is 2.36. The molecule has 1 aliphatic carbocycles. The molecule has 3 aromatic rings. The van der Waals surface area contributed by atoms with Crippen molar-refractivity contribution in [2.24, 2.45) is 0 Å². The number of fused-ring (bicyclic) bond motifs is 1. The minimum absolute atomic E-state index is 0.201. The Morgan fingerprint density at radius 3 is 2.43 bits per heavy atom. The van der Waals surface area contributed by atoms with Gasteiger partial charge in [-0.3, -0.25) is 4.79 Å². The molecular weight excluding hydrogens is 370 g/mol. The van der Waals surface area contributed by atoms with Gasteiger partial charge in [-0.05, 0) is 65.1 Å². The van der Waals surface area contributed by atoms with E-state index in [1.807, 2.05) is 20.2 Å². The van der Waals surface area contributed by atoms with E-state index in [4.69, 9.17) is 4.74 Å². The van der Waals surface area contributed by atoms with Crippen LogP contribution in [-0.2, 0) is 17.8 Å². The Bertz CT molecular complexity index is 993. The normalized spacial score (nSPS) is 15.3. The number of carbonyl (C=O) groups is 1. The third-order valence-corrected chi connectivity index (χ3v) is 5.94. The largest absolute Gasteiger partial charge is 0.489 e. The maximum Gasteiger partial charge on any atom is 0.222 e. The van der Waals surface area contributed by atoms with Crippen LogP contribution in [0.3, 0.4) is 0 Å². The van der Waals surface area contributed by atoms with E-state index < -0.39 is 0 Å². The lowest BCUT2D eigenvalue weighted by Gasteiger charge is -2.26. The van der Waals surface area contributed by atoms with E-state index in [0.29, 0.717) is 18.9 Å². The molecule has 3 aromatic carbocycles. The van der Waals surface area contributed by atoms with E-state index in [1.165, 1.54) is 22.3 Å². The molecule has 0 N–H and O–H groups in total. The Balaban J connectivity index is 1.40. The van der Waals surface area contributed by atoms with Crippen LogP contribution in [0, 0.1) is 0 Å². The Morgan fingerprint density at radius 1 is 0.967 bits per heavy atom. The van der Waals surface area contributed by atoms with Crippen LogP contribution in [0.4, 0.5) is 0 Å². The van der Waals surface area contributed by atoms with E-state index in [0.717, 1.165) is 30.6 Å². The van der Waals surface area contributed by atoms with Crippen LogP contribution < -0.4 is 4.74 Å². The number of rotatable bonds is 6. The molecule has 0 fully saturated rings. The summed E-state index contributed by atoms with van der Waals surface area (Å²) < 4.78 is 6.08. The fourth-order valence-electron chi connectivity index (χ4n) is 4.18. The molecular formula is C27H29NO2. The van der Waals surface area contributed by atoms with Gasteiger partial charge in [0.05, 0.1) is 0 Å². The summed E-state index contributed by atoms with van der Waals surface area (Å²) in [5, 5.41) is 0. The Morgan fingerprint density at radius 2 is 1.70 bits per heavy atom. The van der Waals surface area contributed by atoms with Crippen molar-refractivity contribution < 1.29 is 9.53 Å². The average Bonchev–Trinajstić information content (AvgIpc) is 2.78. The van der Waals surface area contributed by atoms with Crippen LogP contribution in [0.25, 0.3) is 11.1 Å². The molecule has 1 amide bonds. The van der Waals surface area contributed by atoms with Crippen molar-refractivity contribution in [2.45, 2.75) is 38.2 Å². The van der Waals surface area contributed by atoms with E-state index in [2.05, 4.69) is 66.7 Å².